The van der Waals surface area contributed by atoms with Gasteiger partial charge in [0.05, 0.1) is 4.47 Å². The molecule has 1 heterocycles. The molecule has 0 radical (unpaired) electrons. The summed E-state index contributed by atoms with van der Waals surface area (Å²) in [4.78, 5) is 14.1. The second-order valence-corrected chi connectivity index (χ2v) is 5.51. The van der Waals surface area contributed by atoms with Crippen LogP contribution in [0.2, 0.25) is 0 Å². The third-order valence-electron chi connectivity index (χ3n) is 3.28. The molecule has 1 saturated heterocycles. The molecule has 0 spiro atoms. The van der Waals surface area contributed by atoms with Crippen molar-refractivity contribution in [1.82, 2.24) is 9.80 Å². The Morgan fingerprint density at radius 3 is 2.52 bits per heavy atom. The van der Waals surface area contributed by atoms with Gasteiger partial charge < -0.3 is 14.7 Å². The molecular formula is C13H15BrF2N2O3. The zero-order valence-corrected chi connectivity index (χ0v) is 12.8. The van der Waals surface area contributed by atoms with E-state index >= 15 is 0 Å². The van der Waals surface area contributed by atoms with Crippen LogP contribution in [-0.4, -0.2) is 60.3 Å². The van der Waals surface area contributed by atoms with E-state index in [4.69, 9.17) is 9.84 Å². The standard InChI is InChI=1S/C13H15BrF2N2O3/c14-9-7-11(16)12(8-10(9)15)21-6-5-17-1-3-18(4-2-17)13(19)20/h7-8H,1-6H2,(H,19,20). The fraction of sp³-hybridized carbons (Fsp3) is 0.462. The summed E-state index contributed by atoms with van der Waals surface area (Å²) >= 11 is 2.90. The maximum atomic E-state index is 13.5. The van der Waals surface area contributed by atoms with Crippen molar-refractivity contribution in [2.45, 2.75) is 0 Å². The van der Waals surface area contributed by atoms with Crippen LogP contribution in [0.1, 0.15) is 0 Å². The van der Waals surface area contributed by atoms with E-state index in [0.29, 0.717) is 32.7 Å². The number of carbonyl (C=O) groups is 1. The number of hydrogen-bond acceptors (Lipinski definition) is 3. The molecule has 0 bridgehead atoms. The fourth-order valence-electron chi connectivity index (χ4n) is 2.06. The number of piperazine rings is 1. The van der Waals surface area contributed by atoms with Gasteiger partial charge in [0, 0.05) is 38.8 Å². The van der Waals surface area contributed by atoms with Crippen LogP contribution >= 0.6 is 15.9 Å². The molecule has 21 heavy (non-hydrogen) atoms. The maximum Gasteiger partial charge on any atom is 0.407 e. The van der Waals surface area contributed by atoms with Crippen LogP contribution in [0.3, 0.4) is 0 Å². The number of rotatable bonds is 4. The van der Waals surface area contributed by atoms with E-state index in [0.717, 1.165) is 12.1 Å². The third-order valence-corrected chi connectivity index (χ3v) is 3.89. The number of halogens is 3. The van der Waals surface area contributed by atoms with Gasteiger partial charge in [-0.2, -0.15) is 0 Å². The smallest absolute Gasteiger partial charge is 0.407 e. The van der Waals surface area contributed by atoms with Crippen LogP contribution < -0.4 is 4.74 Å². The number of hydrogen-bond donors (Lipinski definition) is 1. The average Bonchev–Trinajstić information content (AvgIpc) is 2.45. The van der Waals surface area contributed by atoms with E-state index in [9.17, 15) is 13.6 Å². The quantitative estimate of drug-likeness (QED) is 0.833. The van der Waals surface area contributed by atoms with Crippen LogP contribution in [0.5, 0.6) is 5.75 Å². The van der Waals surface area contributed by atoms with Crippen LogP contribution in [0.25, 0.3) is 0 Å². The molecule has 1 aromatic carbocycles. The molecule has 1 N–H and O–H groups in total. The molecule has 1 aliphatic rings. The van der Waals surface area contributed by atoms with Crippen LogP contribution in [-0.2, 0) is 0 Å². The van der Waals surface area contributed by atoms with Crippen molar-refractivity contribution in [2.24, 2.45) is 0 Å². The zero-order chi connectivity index (χ0) is 15.4. The number of nitrogens with zero attached hydrogens (tertiary/aromatic N) is 2. The minimum atomic E-state index is -0.918. The molecule has 0 aromatic heterocycles. The number of ether oxygens (including phenoxy) is 1. The Bertz CT molecular complexity index is 522. The molecule has 5 nitrogen and oxygen atoms in total. The molecule has 1 aliphatic heterocycles. The van der Waals surface area contributed by atoms with Crippen LogP contribution in [0, 0.1) is 11.6 Å². The van der Waals surface area contributed by atoms with Gasteiger partial charge in [0.2, 0.25) is 0 Å². The molecule has 116 valence electrons. The molecule has 0 aliphatic carbocycles. The van der Waals surface area contributed by atoms with Crippen LogP contribution in [0.4, 0.5) is 13.6 Å². The highest BCUT2D eigenvalue weighted by Crippen LogP contribution is 2.25. The summed E-state index contributed by atoms with van der Waals surface area (Å²) in [7, 11) is 0. The highest BCUT2D eigenvalue weighted by molar-refractivity contribution is 9.10. The topological polar surface area (TPSA) is 53.0 Å². The Labute approximate surface area is 129 Å². The molecule has 0 unspecified atom stereocenters. The predicted molar refractivity (Wildman–Crippen MR) is 75.6 cm³/mol. The lowest BCUT2D eigenvalue weighted by atomic mass is 10.3. The van der Waals surface area contributed by atoms with Gasteiger partial charge in [-0.1, -0.05) is 0 Å². The van der Waals surface area contributed by atoms with E-state index in [1.807, 2.05) is 4.90 Å². The second-order valence-electron chi connectivity index (χ2n) is 4.66. The molecule has 1 fully saturated rings. The Morgan fingerprint density at radius 1 is 1.24 bits per heavy atom. The molecule has 1 amide bonds. The van der Waals surface area contributed by atoms with Gasteiger partial charge in [0.25, 0.3) is 0 Å². The minimum Gasteiger partial charge on any atom is -0.489 e. The van der Waals surface area contributed by atoms with Crippen molar-refractivity contribution in [3.05, 3.63) is 28.2 Å². The Balaban J connectivity index is 1.78. The van der Waals surface area contributed by atoms with Crippen molar-refractivity contribution < 1.29 is 23.4 Å². The first-order valence-corrected chi connectivity index (χ1v) is 7.24. The molecule has 0 saturated carbocycles. The fourth-order valence-corrected chi connectivity index (χ4v) is 2.38. The zero-order valence-electron chi connectivity index (χ0n) is 11.2. The number of carboxylic acid groups (broad SMARTS) is 1. The lowest BCUT2D eigenvalue weighted by molar-refractivity contribution is 0.0981. The Hall–Kier alpha value is -1.41. The van der Waals surface area contributed by atoms with Crippen molar-refractivity contribution in [2.75, 3.05) is 39.3 Å². The van der Waals surface area contributed by atoms with Crippen molar-refractivity contribution in [1.29, 1.82) is 0 Å². The summed E-state index contributed by atoms with van der Waals surface area (Å²) in [5, 5.41) is 8.83. The summed E-state index contributed by atoms with van der Waals surface area (Å²) in [5.41, 5.74) is 0. The third kappa shape index (κ3) is 4.28. The van der Waals surface area contributed by atoms with E-state index < -0.39 is 17.7 Å². The van der Waals surface area contributed by atoms with Gasteiger partial charge in [-0.05, 0) is 22.0 Å². The Morgan fingerprint density at radius 2 is 1.90 bits per heavy atom. The monoisotopic (exact) mass is 364 g/mol. The molecular weight excluding hydrogens is 350 g/mol. The SMILES string of the molecule is O=C(O)N1CCN(CCOc2cc(F)c(Br)cc2F)CC1. The first-order chi connectivity index (χ1) is 9.97. The number of benzene rings is 1. The normalized spacial score (nSPS) is 16.0. The predicted octanol–water partition coefficient (Wildman–Crippen LogP) is 2.40. The summed E-state index contributed by atoms with van der Waals surface area (Å²) in [6.07, 6.45) is -0.918. The van der Waals surface area contributed by atoms with Gasteiger partial charge >= 0.3 is 6.09 Å². The average molecular weight is 365 g/mol. The summed E-state index contributed by atoms with van der Waals surface area (Å²) in [6, 6.07) is 2.03. The van der Waals surface area contributed by atoms with Gasteiger partial charge in [0.1, 0.15) is 12.4 Å². The van der Waals surface area contributed by atoms with Crippen molar-refractivity contribution in [3.8, 4) is 5.75 Å². The molecule has 8 heteroatoms. The summed E-state index contributed by atoms with van der Waals surface area (Å²) < 4.78 is 32.1. The summed E-state index contributed by atoms with van der Waals surface area (Å²) in [5.74, 6) is -1.33. The summed E-state index contributed by atoms with van der Waals surface area (Å²) in [6.45, 7) is 2.84. The van der Waals surface area contributed by atoms with E-state index in [-0.39, 0.29) is 16.8 Å². The largest absolute Gasteiger partial charge is 0.489 e. The van der Waals surface area contributed by atoms with Gasteiger partial charge in [-0.3, -0.25) is 4.90 Å². The van der Waals surface area contributed by atoms with Crippen molar-refractivity contribution >= 4 is 22.0 Å². The first kappa shape index (κ1) is 16.0. The molecule has 2 rings (SSSR count). The number of amides is 1. The lowest BCUT2D eigenvalue weighted by Gasteiger charge is -2.32. The first-order valence-electron chi connectivity index (χ1n) is 6.45. The van der Waals surface area contributed by atoms with E-state index in [1.165, 1.54) is 4.90 Å². The van der Waals surface area contributed by atoms with Gasteiger partial charge in [-0.15, -0.1) is 0 Å². The second kappa shape index (κ2) is 7.04. The minimum absolute atomic E-state index is 0.0529. The van der Waals surface area contributed by atoms with E-state index in [1.54, 1.807) is 0 Å². The van der Waals surface area contributed by atoms with Crippen LogP contribution in [0.15, 0.2) is 16.6 Å². The van der Waals surface area contributed by atoms with Gasteiger partial charge in [-0.25, -0.2) is 13.6 Å². The van der Waals surface area contributed by atoms with Crippen molar-refractivity contribution in [3.63, 3.8) is 0 Å². The van der Waals surface area contributed by atoms with Gasteiger partial charge in [0.15, 0.2) is 11.6 Å². The highest BCUT2D eigenvalue weighted by Gasteiger charge is 2.20. The molecule has 0 atom stereocenters. The highest BCUT2D eigenvalue weighted by atomic mass is 79.9. The van der Waals surface area contributed by atoms with E-state index in [2.05, 4.69) is 15.9 Å². The molecule has 1 aromatic rings. The lowest BCUT2D eigenvalue weighted by Crippen LogP contribution is -2.49. The maximum absolute atomic E-state index is 13.5. The Kier molecular flexibility index (Phi) is 5.35.